The summed E-state index contributed by atoms with van der Waals surface area (Å²) in [6, 6.07) is 9.48. The SMILES string of the molecule is CN(CCC#N)C(=O)c1cc2cc(N)ccc2s1. The normalized spacial score (nSPS) is 10.2. The van der Waals surface area contributed by atoms with Crippen molar-refractivity contribution in [1.29, 1.82) is 5.26 Å². The van der Waals surface area contributed by atoms with Crippen LogP contribution in [0.1, 0.15) is 16.1 Å². The molecule has 0 bridgehead atoms. The number of hydrogen-bond donors (Lipinski definition) is 1. The van der Waals surface area contributed by atoms with E-state index in [1.165, 1.54) is 11.3 Å². The van der Waals surface area contributed by atoms with Crippen LogP contribution in [0.2, 0.25) is 0 Å². The van der Waals surface area contributed by atoms with Gasteiger partial charge in [0.2, 0.25) is 0 Å². The molecule has 0 fully saturated rings. The van der Waals surface area contributed by atoms with E-state index in [-0.39, 0.29) is 5.91 Å². The van der Waals surface area contributed by atoms with Gasteiger partial charge in [-0.2, -0.15) is 5.26 Å². The topological polar surface area (TPSA) is 70.1 Å². The van der Waals surface area contributed by atoms with Crippen molar-refractivity contribution < 1.29 is 4.79 Å². The number of rotatable bonds is 3. The fourth-order valence-corrected chi connectivity index (χ4v) is 2.71. The molecular formula is C13H13N3OS. The number of nitriles is 1. The van der Waals surface area contributed by atoms with Crippen LogP contribution in [0.5, 0.6) is 0 Å². The van der Waals surface area contributed by atoms with Crippen molar-refractivity contribution in [1.82, 2.24) is 4.90 Å². The third-order valence-corrected chi connectivity index (χ3v) is 3.76. The van der Waals surface area contributed by atoms with Crippen molar-refractivity contribution in [2.24, 2.45) is 0 Å². The zero-order valence-electron chi connectivity index (χ0n) is 10.0. The Labute approximate surface area is 109 Å². The number of nitrogen functional groups attached to an aromatic ring is 1. The van der Waals surface area contributed by atoms with Gasteiger partial charge in [-0.05, 0) is 29.7 Å². The van der Waals surface area contributed by atoms with Crippen LogP contribution in [0.15, 0.2) is 24.3 Å². The molecule has 1 heterocycles. The first-order valence-electron chi connectivity index (χ1n) is 5.53. The average Bonchev–Trinajstić information content (AvgIpc) is 2.77. The summed E-state index contributed by atoms with van der Waals surface area (Å²) in [5.41, 5.74) is 6.40. The first-order chi connectivity index (χ1) is 8.61. The third kappa shape index (κ3) is 2.44. The highest BCUT2D eigenvalue weighted by Crippen LogP contribution is 2.28. The second-order valence-electron chi connectivity index (χ2n) is 4.04. The maximum absolute atomic E-state index is 12.1. The number of anilines is 1. The Morgan fingerprint density at radius 3 is 3.00 bits per heavy atom. The number of carbonyl (C=O) groups is 1. The van der Waals surface area contributed by atoms with Gasteiger partial charge in [-0.25, -0.2) is 0 Å². The van der Waals surface area contributed by atoms with Crippen LogP contribution in [-0.2, 0) is 0 Å². The predicted octanol–water partition coefficient (Wildman–Crippen LogP) is 2.47. The fourth-order valence-electron chi connectivity index (χ4n) is 1.67. The number of benzene rings is 1. The molecule has 1 aromatic heterocycles. The molecular weight excluding hydrogens is 246 g/mol. The Balaban J connectivity index is 2.26. The Morgan fingerprint density at radius 1 is 1.50 bits per heavy atom. The van der Waals surface area contributed by atoms with E-state index < -0.39 is 0 Å². The second kappa shape index (κ2) is 5.07. The molecule has 0 unspecified atom stereocenters. The lowest BCUT2D eigenvalue weighted by Gasteiger charge is -2.13. The summed E-state index contributed by atoms with van der Waals surface area (Å²) in [6.07, 6.45) is 0.347. The van der Waals surface area contributed by atoms with Gasteiger partial charge in [-0.1, -0.05) is 0 Å². The molecule has 0 atom stereocenters. The molecule has 4 nitrogen and oxygen atoms in total. The Kier molecular flexibility index (Phi) is 3.49. The summed E-state index contributed by atoms with van der Waals surface area (Å²) in [6.45, 7) is 0.450. The van der Waals surface area contributed by atoms with Crippen LogP contribution < -0.4 is 5.73 Å². The molecule has 2 N–H and O–H groups in total. The minimum atomic E-state index is -0.0509. The van der Waals surface area contributed by atoms with Crippen molar-refractivity contribution in [3.05, 3.63) is 29.1 Å². The molecule has 92 valence electrons. The quantitative estimate of drug-likeness (QED) is 0.861. The lowest BCUT2D eigenvalue weighted by molar-refractivity contribution is 0.0803. The van der Waals surface area contributed by atoms with E-state index in [1.807, 2.05) is 30.3 Å². The van der Waals surface area contributed by atoms with E-state index in [2.05, 4.69) is 0 Å². The van der Waals surface area contributed by atoms with Crippen molar-refractivity contribution in [2.45, 2.75) is 6.42 Å². The molecule has 5 heteroatoms. The molecule has 0 radical (unpaired) electrons. The van der Waals surface area contributed by atoms with Gasteiger partial charge in [-0.15, -0.1) is 11.3 Å². The first kappa shape index (κ1) is 12.4. The Bertz CT molecular complexity index is 627. The van der Waals surface area contributed by atoms with Crippen molar-refractivity contribution in [2.75, 3.05) is 19.3 Å². The number of amides is 1. The summed E-state index contributed by atoms with van der Waals surface area (Å²) in [5, 5.41) is 9.50. The van der Waals surface area contributed by atoms with Crippen LogP contribution in [0.3, 0.4) is 0 Å². The summed E-state index contributed by atoms with van der Waals surface area (Å²) in [7, 11) is 1.71. The standard InChI is InChI=1S/C13H13N3OS/c1-16(6-2-5-14)13(17)12-8-9-7-10(15)3-4-11(9)18-12/h3-4,7-8H,2,6,15H2,1H3. The number of thiophene rings is 1. The molecule has 18 heavy (non-hydrogen) atoms. The Hall–Kier alpha value is -2.06. The lowest BCUT2D eigenvalue weighted by atomic mass is 10.2. The summed E-state index contributed by atoms with van der Waals surface area (Å²) < 4.78 is 1.04. The zero-order valence-corrected chi connectivity index (χ0v) is 10.8. The van der Waals surface area contributed by atoms with E-state index in [1.54, 1.807) is 11.9 Å². The first-order valence-corrected chi connectivity index (χ1v) is 6.35. The molecule has 0 aliphatic carbocycles. The van der Waals surface area contributed by atoms with Crippen LogP contribution in [0.25, 0.3) is 10.1 Å². The lowest BCUT2D eigenvalue weighted by Crippen LogP contribution is -2.26. The van der Waals surface area contributed by atoms with Crippen LogP contribution in [0, 0.1) is 11.3 Å². The molecule has 2 rings (SSSR count). The fraction of sp³-hybridized carbons (Fsp3) is 0.231. The third-order valence-electron chi connectivity index (χ3n) is 2.66. The molecule has 0 saturated heterocycles. The van der Waals surface area contributed by atoms with Gasteiger partial charge in [-0.3, -0.25) is 4.79 Å². The molecule has 0 aliphatic heterocycles. The number of nitrogens with zero attached hydrogens (tertiary/aromatic N) is 2. The van der Waals surface area contributed by atoms with Crippen molar-refractivity contribution in [3.8, 4) is 6.07 Å². The van der Waals surface area contributed by atoms with Gasteiger partial charge in [0.05, 0.1) is 17.4 Å². The monoisotopic (exact) mass is 259 g/mol. The number of nitrogens with two attached hydrogens (primary N) is 1. The number of hydrogen-bond acceptors (Lipinski definition) is 4. The minimum Gasteiger partial charge on any atom is -0.399 e. The van der Waals surface area contributed by atoms with Gasteiger partial charge >= 0.3 is 0 Å². The molecule has 2 aromatic rings. The van der Waals surface area contributed by atoms with E-state index >= 15 is 0 Å². The van der Waals surface area contributed by atoms with Crippen molar-refractivity contribution >= 4 is 33.0 Å². The second-order valence-corrected chi connectivity index (χ2v) is 5.13. The van der Waals surface area contributed by atoms with Crippen LogP contribution in [0.4, 0.5) is 5.69 Å². The van der Waals surface area contributed by atoms with Gasteiger partial charge in [0.25, 0.3) is 5.91 Å². The number of fused-ring (bicyclic) bond motifs is 1. The summed E-state index contributed by atoms with van der Waals surface area (Å²) >= 11 is 1.45. The Morgan fingerprint density at radius 2 is 2.28 bits per heavy atom. The van der Waals surface area contributed by atoms with Gasteiger partial charge in [0.15, 0.2) is 0 Å². The molecule has 0 saturated carbocycles. The molecule has 0 aliphatic rings. The zero-order chi connectivity index (χ0) is 13.1. The van der Waals surface area contributed by atoms with E-state index in [0.717, 1.165) is 10.1 Å². The van der Waals surface area contributed by atoms with E-state index in [9.17, 15) is 4.79 Å². The summed E-state index contributed by atoms with van der Waals surface area (Å²) in [4.78, 5) is 14.3. The van der Waals surface area contributed by atoms with Crippen LogP contribution >= 0.6 is 11.3 Å². The van der Waals surface area contributed by atoms with Gasteiger partial charge in [0.1, 0.15) is 0 Å². The minimum absolute atomic E-state index is 0.0509. The average molecular weight is 259 g/mol. The maximum Gasteiger partial charge on any atom is 0.263 e. The molecule has 1 amide bonds. The highest BCUT2D eigenvalue weighted by atomic mass is 32.1. The predicted molar refractivity (Wildman–Crippen MR) is 73.4 cm³/mol. The molecule has 0 spiro atoms. The molecule has 1 aromatic carbocycles. The largest absolute Gasteiger partial charge is 0.399 e. The summed E-state index contributed by atoms with van der Waals surface area (Å²) in [5.74, 6) is -0.0509. The van der Waals surface area contributed by atoms with Gasteiger partial charge < -0.3 is 10.6 Å². The highest BCUT2D eigenvalue weighted by molar-refractivity contribution is 7.20. The van der Waals surface area contributed by atoms with Crippen LogP contribution in [-0.4, -0.2) is 24.4 Å². The van der Waals surface area contributed by atoms with Crippen molar-refractivity contribution in [3.63, 3.8) is 0 Å². The maximum atomic E-state index is 12.1. The number of carbonyl (C=O) groups excluding carboxylic acids is 1. The van der Waals surface area contributed by atoms with Gasteiger partial charge in [0, 0.05) is 24.0 Å². The smallest absolute Gasteiger partial charge is 0.263 e. The van der Waals surface area contributed by atoms with E-state index in [0.29, 0.717) is 23.5 Å². The van der Waals surface area contributed by atoms with E-state index in [4.69, 9.17) is 11.0 Å². The highest BCUT2D eigenvalue weighted by Gasteiger charge is 2.14.